The standard InChI is InChI=1S/C21H29N3O2/c25-20(14-19-21(26)23-18-9-5-4-8-17(18)22-19)24-12-10-16(11-13-24)15-6-2-1-3-7-15/h1-3,6-7,16-19,22H,4-5,8-14H2,(H,23,26). The zero-order valence-corrected chi connectivity index (χ0v) is 15.3. The molecule has 0 spiro atoms. The first-order chi connectivity index (χ1) is 12.7. The van der Waals surface area contributed by atoms with Crippen molar-refractivity contribution in [2.24, 2.45) is 0 Å². The molecule has 2 heterocycles. The summed E-state index contributed by atoms with van der Waals surface area (Å²) in [5.41, 5.74) is 1.37. The topological polar surface area (TPSA) is 61.4 Å². The number of hydrogen-bond donors (Lipinski definition) is 2. The van der Waals surface area contributed by atoms with Gasteiger partial charge in [0.2, 0.25) is 11.8 Å². The summed E-state index contributed by atoms with van der Waals surface area (Å²) in [5, 5.41) is 6.58. The van der Waals surface area contributed by atoms with Crippen molar-refractivity contribution < 1.29 is 9.59 Å². The molecule has 1 aromatic carbocycles. The van der Waals surface area contributed by atoms with Crippen LogP contribution in [0.15, 0.2) is 30.3 Å². The normalized spacial score (nSPS) is 29.8. The average Bonchev–Trinajstić information content (AvgIpc) is 2.69. The predicted octanol–water partition coefficient (Wildman–Crippen LogP) is 2.18. The molecule has 3 aliphatic rings. The fraction of sp³-hybridized carbons (Fsp3) is 0.619. The summed E-state index contributed by atoms with van der Waals surface area (Å²) in [4.78, 5) is 27.0. The minimum atomic E-state index is -0.367. The number of hydrogen-bond acceptors (Lipinski definition) is 3. The van der Waals surface area contributed by atoms with Gasteiger partial charge in [-0.25, -0.2) is 0 Å². The van der Waals surface area contributed by atoms with Crippen LogP contribution in [0.2, 0.25) is 0 Å². The maximum atomic E-state index is 12.7. The molecular weight excluding hydrogens is 326 g/mol. The van der Waals surface area contributed by atoms with E-state index in [0.29, 0.717) is 12.0 Å². The van der Waals surface area contributed by atoms with Crippen LogP contribution >= 0.6 is 0 Å². The van der Waals surface area contributed by atoms with E-state index in [1.54, 1.807) is 0 Å². The van der Waals surface area contributed by atoms with E-state index in [0.717, 1.165) is 38.8 Å². The van der Waals surface area contributed by atoms with Crippen molar-refractivity contribution in [1.82, 2.24) is 15.5 Å². The Kier molecular flexibility index (Phi) is 5.25. The van der Waals surface area contributed by atoms with Crippen LogP contribution in [0, 0.1) is 0 Å². The molecule has 2 saturated heterocycles. The molecule has 5 heteroatoms. The highest BCUT2D eigenvalue weighted by atomic mass is 16.2. The van der Waals surface area contributed by atoms with Crippen LogP contribution in [0.25, 0.3) is 0 Å². The molecule has 5 nitrogen and oxygen atoms in total. The lowest BCUT2D eigenvalue weighted by Gasteiger charge is -2.41. The minimum Gasteiger partial charge on any atom is -0.350 e. The molecule has 0 radical (unpaired) electrons. The van der Waals surface area contributed by atoms with Gasteiger partial charge in [0.1, 0.15) is 0 Å². The highest BCUT2D eigenvalue weighted by molar-refractivity contribution is 5.89. The first-order valence-corrected chi connectivity index (χ1v) is 10.1. The summed E-state index contributed by atoms with van der Waals surface area (Å²) in [6, 6.07) is 10.8. The molecule has 140 valence electrons. The van der Waals surface area contributed by atoms with E-state index in [4.69, 9.17) is 0 Å². The summed E-state index contributed by atoms with van der Waals surface area (Å²) in [7, 11) is 0. The number of piperazine rings is 1. The van der Waals surface area contributed by atoms with E-state index < -0.39 is 0 Å². The molecule has 2 aliphatic heterocycles. The van der Waals surface area contributed by atoms with Crippen LogP contribution < -0.4 is 10.6 Å². The zero-order chi connectivity index (χ0) is 17.9. The molecule has 2 amide bonds. The molecule has 1 saturated carbocycles. The molecular formula is C21H29N3O2. The Balaban J connectivity index is 1.29. The lowest BCUT2D eigenvalue weighted by Crippen LogP contribution is -2.65. The van der Waals surface area contributed by atoms with Gasteiger partial charge in [0.15, 0.2) is 0 Å². The van der Waals surface area contributed by atoms with Crippen LogP contribution in [0.4, 0.5) is 0 Å². The second-order valence-corrected chi connectivity index (χ2v) is 8.00. The highest BCUT2D eigenvalue weighted by Gasteiger charge is 2.37. The molecule has 3 unspecified atom stereocenters. The van der Waals surface area contributed by atoms with Crippen LogP contribution in [0.5, 0.6) is 0 Å². The second-order valence-electron chi connectivity index (χ2n) is 8.00. The minimum absolute atomic E-state index is 0.000622. The van der Waals surface area contributed by atoms with Gasteiger partial charge in [0, 0.05) is 25.2 Å². The van der Waals surface area contributed by atoms with Crippen LogP contribution in [-0.4, -0.2) is 47.9 Å². The average molecular weight is 355 g/mol. The summed E-state index contributed by atoms with van der Waals surface area (Å²) in [5.74, 6) is 0.651. The Morgan fingerprint density at radius 2 is 1.69 bits per heavy atom. The Bertz CT molecular complexity index is 640. The molecule has 1 aliphatic carbocycles. The Morgan fingerprint density at radius 3 is 2.42 bits per heavy atom. The van der Waals surface area contributed by atoms with Gasteiger partial charge in [-0.2, -0.15) is 0 Å². The second kappa shape index (κ2) is 7.78. The number of carbonyl (C=O) groups excluding carboxylic acids is 2. The van der Waals surface area contributed by atoms with Crippen LogP contribution in [0.1, 0.15) is 56.4 Å². The lowest BCUT2D eigenvalue weighted by atomic mass is 9.87. The van der Waals surface area contributed by atoms with Crippen LogP contribution in [0.3, 0.4) is 0 Å². The molecule has 2 N–H and O–H groups in total. The summed E-state index contributed by atoms with van der Waals surface area (Å²) < 4.78 is 0. The number of piperidine rings is 1. The van der Waals surface area contributed by atoms with Crippen molar-refractivity contribution in [3.63, 3.8) is 0 Å². The van der Waals surface area contributed by atoms with Gasteiger partial charge in [-0.15, -0.1) is 0 Å². The van der Waals surface area contributed by atoms with E-state index in [1.165, 1.54) is 18.4 Å². The van der Waals surface area contributed by atoms with Crippen molar-refractivity contribution in [3.05, 3.63) is 35.9 Å². The number of amides is 2. The highest BCUT2D eigenvalue weighted by Crippen LogP contribution is 2.28. The van der Waals surface area contributed by atoms with Gasteiger partial charge in [-0.3, -0.25) is 9.59 Å². The molecule has 0 bridgehead atoms. The molecule has 3 atom stereocenters. The molecule has 0 aromatic heterocycles. The number of nitrogens with one attached hydrogen (secondary N) is 2. The first kappa shape index (κ1) is 17.5. The largest absolute Gasteiger partial charge is 0.350 e. The number of carbonyl (C=O) groups is 2. The first-order valence-electron chi connectivity index (χ1n) is 10.1. The van der Waals surface area contributed by atoms with Crippen molar-refractivity contribution in [2.75, 3.05) is 13.1 Å². The van der Waals surface area contributed by atoms with Gasteiger partial charge in [-0.05, 0) is 37.2 Å². The van der Waals surface area contributed by atoms with E-state index >= 15 is 0 Å². The zero-order valence-electron chi connectivity index (χ0n) is 15.3. The Hall–Kier alpha value is -1.88. The molecule has 26 heavy (non-hydrogen) atoms. The SMILES string of the molecule is O=C1NC2CCCCC2NC1CC(=O)N1CCC(c2ccccc2)CC1. The maximum absolute atomic E-state index is 12.7. The molecule has 3 fully saturated rings. The Morgan fingerprint density at radius 1 is 1.00 bits per heavy atom. The number of likely N-dealkylation sites (tertiary alicyclic amines) is 1. The number of nitrogens with zero attached hydrogens (tertiary/aromatic N) is 1. The van der Waals surface area contributed by atoms with Crippen LogP contribution in [-0.2, 0) is 9.59 Å². The summed E-state index contributed by atoms with van der Waals surface area (Å²) in [6.45, 7) is 1.58. The van der Waals surface area contributed by atoms with Gasteiger partial charge in [0.05, 0.1) is 12.5 Å². The summed E-state index contributed by atoms with van der Waals surface area (Å²) in [6.07, 6.45) is 6.83. The number of fused-ring (bicyclic) bond motifs is 1. The molecule has 4 rings (SSSR count). The van der Waals surface area contributed by atoms with Gasteiger partial charge in [0.25, 0.3) is 0 Å². The predicted molar refractivity (Wildman–Crippen MR) is 101 cm³/mol. The maximum Gasteiger partial charge on any atom is 0.237 e. The number of benzene rings is 1. The van der Waals surface area contributed by atoms with Crippen molar-refractivity contribution in [2.45, 2.75) is 69.0 Å². The Labute approximate surface area is 155 Å². The quantitative estimate of drug-likeness (QED) is 0.874. The van der Waals surface area contributed by atoms with E-state index in [-0.39, 0.29) is 30.3 Å². The monoisotopic (exact) mass is 355 g/mol. The number of rotatable bonds is 3. The van der Waals surface area contributed by atoms with Gasteiger partial charge < -0.3 is 15.5 Å². The third-order valence-corrected chi connectivity index (χ3v) is 6.32. The molecule has 1 aromatic rings. The van der Waals surface area contributed by atoms with Crippen molar-refractivity contribution >= 4 is 11.8 Å². The lowest BCUT2D eigenvalue weighted by molar-refractivity contribution is -0.137. The van der Waals surface area contributed by atoms with Crippen molar-refractivity contribution in [3.8, 4) is 0 Å². The fourth-order valence-corrected chi connectivity index (χ4v) is 4.76. The van der Waals surface area contributed by atoms with E-state index in [2.05, 4.69) is 34.9 Å². The smallest absolute Gasteiger partial charge is 0.237 e. The third kappa shape index (κ3) is 3.78. The van der Waals surface area contributed by atoms with Gasteiger partial charge >= 0.3 is 0 Å². The van der Waals surface area contributed by atoms with E-state index in [1.807, 2.05) is 11.0 Å². The summed E-state index contributed by atoms with van der Waals surface area (Å²) >= 11 is 0. The van der Waals surface area contributed by atoms with E-state index in [9.17, 15) is 9.59 Å². The fourth-order valence-electron chi connectivity index (χ4n) is 4.76. The third-order valence-electron chi connectivity index (χ3n) is 6.32. The van der Waals surface area contributed by atoms with Gasteiger partial charge in [-0.1, -0.05) is 43.2 Å². The van der Waals surface area contributed by atoms with Crippen molar-refractivity contribution in [1.29, 1.82) is 0 Å².